The Morgan fingerprint density at radius 3 is 2.58 bits per heavy atom. The summed E-state index contributed by atoms with van der Waals surface area (Å²) in [5, 5.41) is 6.62. The van der Waals surface area contributed by atoms with E-state index < -0.39 is 6.17 Å². The van der Waals surface area contributed by atoms with Gasteiger partial charge in [0.2, 0.25) is 0 Å². The monoisotopic (exact) mass is 466 g/mol. The van der Waals surface area contributed by atoms with E-state index in [2.05, 4.69) is 10.1 Å². The summed E-state index contributed by atoms with van der Waals surface area (Å²) in [6.45, 7) is 4.89. The van der Waals surface area contributed by atoms with Crippen molar-refractivity contribution in [2.24, 2.45) is 10.8 Å². The zero-order chi connectivity index (χ0) is 23.2. The molecule has 2 aromatic carbocycles. The molecule has 2 aromatic rings. The fraction of sp³-hybridized carbons (Fsp3) is 0.400. The van der Waals surface area contributed by atoms with Gasteiger partial charge in [0.15, 0.2) is 5.78 Å². The summed E-state index contributed by atoms with van der Waals surface area (Å²) >= 11 is 1.95. The topological polar surface area (TPSA) is 88.2 Å². The van der Waals surface area contributed by atoms with Crippen molar-refractivity contribution in [1.82, 2.24) is 9.91 Å². The minimum absolute atomic E-state index is 0.0518. The van der Waals surface area contributed by atoms with Crippen LogP contribution < -0.4 is 5.73 Å². The van der Waals surface area contributed by atoms with Gasteiger partial charge in [-0.2, -0.15) is 16.9 Å². The second kappa shape index (κ2) is 11.0. The van der Waals surface area contributed by atoms with Crippen molar-refractivity contribution in [3.05, 3.63) is 70.3 Å². The quantitative estimate of drug-likeness (QED) is 0.381. The number of nitrogens with zero attached hydrogens (tertiary/aromatic N) is 3. The minimum atomic E-state index is -0.447. The standard InChI is InChI=1S/C25H30N4O3S/c1-2-32-23(30)17-28-10-9-19-7-8-21(15-22(19)25(28)26)24(31)20-5-3-18(4-6-20)16-27-29-11-13-33-14-12-29/h3-8,15-16,25H,2,9-14,17,26H2,1H3. The molecule has 1 unspecified atom stereocenters. The van der Waals surface area contributed by atoms with Crippen molar-refractivity contribution in [3.63, 3.8) is 0 Å². The molecule has 8 heteroatoms. The molecule has 0 aliphatic carbocycles. The van der Waals surface area contributed by atoms with Crippen molar-refractivity contribution < 1.29 is 14.3 Å². The zero-order valence-corrected chi connectivity index (χ0v) is 19.7. The third-order valence-corrected chi connectivity index (χ3v) is 6.90. The molecular formula is C25H30N4O3S. The second-order valence-electron chi connectivity index (χ2n) is 8.15. The van der Waals surface area contributed by atoms with Crippen LogP contribution in [0.1, 0.15) is 45.7 Å². The van der Waals surface area contributed by atoms with Crippen LogP contribution in [0.5, 0.6) is 0 Å². The van der Waals surface area contributed by atoms with Gasteiger partial charge in [-0.15, -0.1) is 0 Å². The van der Waals surface area contributed by atoms with Gasteiger partial charge in [-0.1, -0.05) is 36.4 Å². The molecule has 33 heavy (non-hydrogen) atoms. The molecule has 2 heterocycles. The van der Waals surface area contributed by atoms with Crippen LogP contribution in [-0.2, 0) is 16.0 Å². The van der Waals surface area contributed by atoms with E-state index in [0.717, 1.165) is 47.7 Å². The molecule has 0 bridgehead atoms. The highest BCUT2D eigenvalue weighted by molar-refractivity contribution is 7.99. The second-order valence-corrected chi connectivity index (χ2v) is 9.37. The van der Waals surface area contributed by atoms with E-state index in [1.54, 1.807) is 6.92 Å². The summed E-state index contributed by atoms with van der Waals surface area (Å²) in [5.74, 6) is 1.88. The Bertz CT molecular complexity index is 1020. The summed E-state index contributed by atoms with van der Waals surface area (Å²) in [7, 11) is 0. The predicted molar refractivity (Wildman–Crippen MR) is 132 cm³/mol. The lowest BCUT2D eigenvalue weighted by molar-refractivity contribution is -0.145. The van der Waals surface area contributed by atoms with Crippen LogP contribution in [0, 0.1) is 0 Å². The molecule has 7 nitrogen and oxygen atoms in total. The number of nitrogens with two attached hydrogens (primary N) is 1. The summed E-state index contributed by atoms with van der Waals surface area (Å²) in [4.78, 5) is 26.9. The molecule has 0 spiro atoms. The maximum atomic E-state index is 13.1. The van der Waals surface area contributed by atoms with Crippen molar-refractivity contribution in [2.45, 2.75) is 19.5 Å². The van der Waals surface area contributed by atoms with Gasteiger partial charge in [0.05, 0.1) is 25.5 Å². The smallest absolute Gasteiger partial charge is 0.320 e. The molecule has 174 valence electrons. The van der Waals surface area contributed by atoms with Gasteiger partial charge in [-0.3, -0.25) is 19.5 Å². The van der Waals surface area contributed by atoms with Crippen LogP contribution in [0.25, 0.3) is 0 Å². The summed E-state index contributed by atoms with van der Waals surface area (Å²) in [6.07, 6.45) is 2.18. The Hall–Kier alpha value is -2.68. The van der Waals surface area contributed by atoms with E-state index in [1.165, 1.54) is 0 Å². The van der Waals surface area contributed by atoms with Crippen molar-refractivity contribution in [2.75, 3.05) is 44.3 Å². The average Bonchev–Trinajstić information content (AvgIpc) is 2.85. The number of hydrogen-bond acceptors (Lipinski definition) is 8. The lowest BCUT2D eigenvalue weighted by Crippen LogP contribution is -2.43. The summed E-state index contributed by atoms with van der Waals surface area (Å²) in [5.41, 5.74) is 10.6. The summed E-state index contributed by atoms with van der Waals surface area (Å²) < 4.78 is 5.06. The number of carbonyl (C=O) groups is 2. The van der Waals surface area contributed by atoms with E-state index in [1.807, 2.05) is 65.3 Å². The van der Waals surface area contributed by atoms with Crippen molar-refractivity contribution in [1.29, 1.82) is 0 Å². The molecule has 1 fully saturated rings. The Morgan fingerprint density at radius 2 is 1.85 bits per heavy atom. The maximum absolute atomic E-state index is 13.1. The van der Waals surface area contributed by atoms with Gasteiger partial charge in [0.25, 0.3) is 0 Å². The number of carbonyl (C=O) groups excluding carboxylic acids is 2. The van der Waals surface area contributed by atoms with E-state index >= 15 is 0 Å². The van der Waals surface area contributed by atoms with Crippen molar-refractivity contribution >= 4 is 29.7 Å². The maximum Gasteiger partial charge on any atom is 0.320 e. The Labute approximate surface area is 199 Å². The molecular weight excluding hydrogens is 436 g/mol. The van der Waals surface area contributed by atoms with Crippen LogP contribution in [0.15, 0.2) is 47.6 Å². The largest absolute Gasteiger partial charge is 0.465 e. The van der Waals surface area contributed by atoms with Gasteiger partial charge in [-0.05, 0) is 36.1 Å². The Kier molecular flexibility index (Phi) is 7.80. The highest BCUT2D eigenvalue weighted by Crippen LogP contribution is 2.28. The van der Waals surface area contributed by atoms with Crippen LogP contribution in [-0.4, -0.2) is 72.2 Å². The number of rotatable bonds is 7. The van der Waals surface area contributed by atoms with Crippen LogP contribution in [0.4, 0.5) is 0 Å². The van der Waals surface area contributed by atoms with Gasteiger partial charge in [0, 0.05) is 42.3 Å². The molecule has 0 amide bonds. The first-order valence-corrected chi connectivity index (χ1v) is 12.5. The fourth-order valence-corrected chi connectivity index (χ4v) is 4.98. The van der Waals surface area contributed by atoms with Crippen LogP contribution >= 0.6 is 11.8 Å². The SMILES string of the molecule is CCOC(=O)CN1CCc2ccc(C(=O)c3ccc(C=NN4CCSCC4)cc3)cc2C1N. The van der Waals surface area contributed by atoms with Crippen LogP contribution in [0.2, 0.25) is 0 Å². The average molecular weight is 467 g/mol. The fourth-order valence-electron chi connectivity index (χ4n) is 4.09. The van der Waals surface area contributed by atoms with Gasteiger partial charge < -0.3 is 10.5 Å². The lowest BCUT2D eigenvalue weighted by atomic mass is 9.92. The molecule has 1 atom stereocenters. The summed E-state index contributed by atoms with van der Waals surface area (Å²) in [6, 6.07) is 13.2. The molecule has 2 N–H and O–H groups in total. The molecule has 0 saturated carbocycles. The molecule has 0 radical (unpaired) electrons. The first-order valence-electron chi connectivity index (χ1n) is 11.3. The number of fused-ring (bicyclic) bond motifs is 1. The third-order valence-electron chi connectivity index (χ3n) is 5.96. The highest BCUT2D eigenvalue weighted by Gasteiger charge is 2.27. The Morgan fingerprint density at radius 1 is 1.12 bits per heavy atom. The minimum Gasteiger partial charge on any atom is -0.465 e. The van der Waals surface area contributed by atoms with Crippen LogP contribution in [0.3, 0.4) is 0 Å². The number of esters is 1. The number of ketones is 1. The molecule has 1 saturated heterocycles. The molecule has 2 aliphatic rings. The van der Waals surface area contributed by atoms with Gasteiger partial charge in [-0.25, -0.2) is 0 Å². The third kappa shape index (κ3) is 5.82. The lowest BCUT2D eigenvalue weighted by Gasteiger charge is -2.34. The molecule has 0 aromatic heterocycles. The predicted octanol–water partition coefficient (Wildman–Crippen LogP) is 2.68. The van der Waals surface area contributed by atoms with Gasteiger partial charge >= 0.3 is 5.97 Å². The number of hydrazone groups is 1. The number of benzene rings is 2. The number of hydrogen-bond donors (Lipinski definition) is 1. The molecule has 4 rings (SSSR count). The van der Waals surface area contributed by atoms with E-state index in [4.69, 9.17) is 10.5 Å². The van der Waals surface area contributed by atoms with Gasteiger partial charge in [0.1, 0.15) is 0 Å². The molecule has 2 aliphatic heterocycles. The van der Waals surface area contributed by atoms with E-state index in [9.17, 15) is 9.59 Å². The van der Waals surface area contributed by atoms with Crippen molar-refractivity contribution in [3.8, 4) is 0 Å². The zero-order valence-electron chi connectivity index (χ0n) is 18.9. The first kappa shape index (κ1) is 23.5. The number of ether oxygens (including phenoxy) is 1. The van der Waals surface area contributed by atoms with E-state index in [-0.39, 0.29) is 18.3 Å². The highest BCUT2D eigenvalue weighted by atomic mass is 32.2. The Balaban J connectivity index is 1.45. The number of thioether (sulfide) groups is 1. The van der Waals surface area contributed by atoms with E-state index in [0.29, 0.717) is 24.3 Å². The normalized spacial score (nSPS) is 18.8. The first-order chi connectivity index (χ1) is 16.0.